The van der Waals surface area contributed by atoms with Gasteiger partial charge in [0.1, 0.15) is 0 Å². The number of nitrogens with one attached hydrogen (secondary N) is 1. The van der Waals surface area contributed by atoms with Crippen LogP contribution in [-0.4, -0.2) is 12.6 Å². The van der Waals surface area contributed by atoms with Gasteiger partial charge in [0.05, 0.1) is 0 Å². The lowest BCUT2D eigenvalue weighted by molar-refractivity contribution is 0.104. The normalized spacial score (nSPS) is 28.9. The van der Waals surface area contributed by atoms with Gasteiger partial charge in [0.15, 0.2) is 0 Å². The monoisotopic (exact) mass is 197 g/mol. The van der Waals surface area contributed by atoms with Crippen molar-refractivity contribution in [2.45, 2.75) is 59.4 Å². The number of rotatable bonds is 6. The zero-order valence-corrected chi connectivity index (χ0v) is 10.3. The Hall–Kier alpha value is -0.0400. The van der Waals surface area contributed by atoms with E-state index in [-0.39, 0.29) is 0 Å². The standard InChI is InChI=1S/C13H27N/c1-5-6-11(4)13-8-7-12(13)9-14-10(2)3/h10-14H,5-9H2,1-4H3. The second-order valence-electron chi connectivity index (χ2n) is 5.33. The zero-order chi connectivity index (χ0) is 10.6. The molecule has 0 radical (unpaired) electrons. The van der Waals surface area contributed by atoms with E-state index in [1.807, 2.05) is 0 Å². The van der Waals surface area contributed by atoms with E-state index in [0.29, 0.717) is 6.04 Å². The number of hydrogen-bond donors (Lipinski definition) is 1. The van der Waals surface area contributed by atoms with Gasteiger partial charge in [-0.15, -0.1) is 0 Å². The molecule has 0 aromatic carbocycles. The molecule has 0 aromatic heterocycles. The third-order valence-electron chi connectivity index (χ3n) is 3.74. The third-order valence-corrected chi connectivity index (χ3v) is 3.74. The highest BCUT2D eigenvalue weighted by Crippen LogP contribution is 2.40. The molecule has 1 fully saturated rings. The second kappa shape index (κ2) is 5.75. The minimum Gasteiger partial charge on any atom is -0.314 e. The van der Waals surface area contributed by atoms with Crippen molar-refractivity contribution >= 4 is 0 Å². The quantitative estimate of drug-likeness (QED) is 0.688. The highest BCUT2D eigenvalue weighted by Gasteiger charge is 2.33. The first-order valence-electron chi connectivity index (χ1n) is 6.38. The lowest BCUT2D eigenvalue weighted by Crippen LogP contribution is -2.40. The SMILES string of the molecule is CCCC(C)C1CCC1CNC(C)C. The molecule has 3 atom stereocenters. The zero-order valence-electron chi connectivity index (χ0n) is 10.3. The van der Waals surface area contributed by atoms with E-state index in [2.05, 4.69) is 33.0 Å². The molecular formula is C13H27N. The summed E-state index contributed by atoms with van der Waals surface area (Å²) in [6.07, 6.45) is 5.70. The maximum absolute atomic E-state index is 3.57. The fraction of sp³-hybridized carbons (Fsp3) is 1.00. The van der Waals surface area contributed by atoms with Gasteiger partial charge >= 0.3 is 0 Å². The van der Waals surface area contributed by atoms with Gasteiger partial charge in [-0.1, -0.05) is 40.5 Å². The molecule has 0 aromatic rings. The molecular weight excluding hydrogens is 170 g/mol. The molecule has 1 aliphatic carbocycles. The van der Waals surface area contributed by atoms with Crippen molar-refractivity contribution in [1.82, 2.24) is 5.32 Å². The Kier molecular flexibility index (Phi) is 4.94. The summed E-state index contributed by atoms with van der Waals surface area (Å²) in [7, 11) is 0. The molecule has 0 bridgehead atoms. The van der Waals surface area contributed by atoms with Crippen LogP contribution in [0.15, 0.2) is 0 Å². The molecule has 0 amide bonds. The van der Waals surface area contributed by atoms with Crippen LogP contribution >= 0.6 is 0 Å². The van der Waals surface area contributed by atoms with E-state index >= 15 is 0 Å². The van der Waals surface area contributed by atoms with Gasteiger partial charge in [0.25, 0.3) is 0 Å². The molecule has 3 unspecified atom stereocenters. The van der Waals surface area contributed by atoms with Gasteiger partial charge in [-0.25, -0.2) is 0 Å². The second-order valence-corrected chi connectivity index (χ2v) is 5.33. The Balaban J connectivity index is 2.20. The van der Waals surface area contributed by atoms with Crippen molar-refractivity contribution in [1.29, 1.82) is 0 Å². The molecule has 1 nitrogen and oxygen atoms in total. The minimum atomic E-state index is 0.651. The summed E-state index contributed by atoms with van der Waals surface area (Å²) >= 11 is 0. The maximum Gasteiger partial charge on any atom is 0.00104 e. The van der Waals surface area contributed by atoms with Crippen molar-refractivity contribution in [2.75, 3.05) is 6.54 Å². The maximum atomic E-state index is 3.57. The molecule has 84 valence electrons. The first-order chi connectivity index (χ1) is 6.65. The van der Waals surface area contributed by atoms with Crippen LogP contribution in [0.3, 0.4) is 0 Å². The Labute approximate surface area is 89.7 Å². The van der Waals surface area contributed by atoms with Gasteiger partial charge in [0.2, 0.25) is 0 Å². The summed E-state index contributed by atoms with van der Waals surface area (Å²) < 4.78 is 0. The van der Waals surface area contributed by atoms with Crippen LogP contribution in [0.4, 0.5) is 0 Å². The highest BCUT2D eigenvalue weighted by atomic mass is 14.9. The van der Waals surface area contributed by atoms with E-state index in [0.717, 1.165) is 17.8 Å². The minimum absolute atomic E-state index is 0.651. The van der Waals surface area contributed by atoms with E-state index in [4.69, 9.17) is 0 Å². The Morgan fingerprint density at radius 2 is 1.93 bits per heavy atom. The molecule has 1 aliphatic rings. The van der Waals surface area contributed by atoms with Crippen molar-refractivity contribution < 1.29 is 0 Å². The van der Waals surface area contributed by atoms with Gasteiger partial charge in [-0.05, 0) is 37.1 Å². The summed E-state index contributed by atoms with van der Waals surface area (Å²) in [4.78, 5) is 0. The lowest BCUT2D eigenvalue weighted by Gasteiger charge is -2.41. The average molecular weight is 197 g/mol. The summed E-state index contributed by atoms with van der Waals surface area (Å²) in [5, 5.41) is 3.57. The molecule has 0 aliphatic heterocycles. The third kappa shape index (κ3) is 3.27. The predicted molar refractivity (Wildman–Crippen MR) is 63.4 cm³/mol. The molecule has 1 heteroatoms. The van der Waals surface area contributed by atoms with Gasteiger partial charge in [-0.3, -0.25) is 0 Å². The molecule has 1 saturated carbocycles. The van der Waals surface area contributed by atoms with Gasteiger partial charge in [0, 0.05) is 6.04 Å². The van der Waals surface area contributed by atoms with Crippen LogP contribution in [0.2, 0.25) is 0 Å². The molecule has 1 N–H and O–H groups in total. The van der Waals surface area contributed by atoms with Crippen LogP contribution in [0.25, 0.3) is 0 Å². The van der Waals surface area contributed by atoms with Crippen LogP contribution in [0.5, 0.6) is 0 Å². The predicted octanol–water partition coefficient (Wildman–Crippen LogP) is 3.45. The Morgan fingerprint density at radius 1 is 1.21 bits per heavy atom. The van der Waals surface area contributed by atoms with Crippen molar-refractivity contribution in [3.05, 3.63) is 0 Å². The first kappa shape index (κ1) is 12.0. The Morgan fingerprint density at radius 3 is 2.36 bits per heavy atom. The molecule has 0 heterocycles. The Bertz CT molecular complexity index is 153. The van der Waals surface area contributed by atoms with Gasteiger partial charge in [-0.2, -0.15) is 0 Å². The van der Waals surface area contributed by atoms with E-state index in [1.165, 1.54) is 32.2 Å². The van der Waals surface area contributed by atoms with E-state index in [1.54, 1.807) is 0 Å². The van der Waals surface area contributed by atoms with Crippen LogP contribution in [-0.2, 0) is 0 Å². The summed E-state index contributed by atoms with van der Waals surface area (Å²) in [6.45, 7) is 10.5. The lowest BCUT2D eigenvalue weighted by atomic mass is 9.66. The van der Waals surface area contributed by atoms with Crippen molar-refractivity contribution in [2.24, 2.45) is 17.8 Å². The fourth-order valence-electron chi connectivity index (χ4n) is 2.65. The topological polar surface area (TPSA) is 12.0 Å². The molecule has 0 saturated heterocycles. The summed E-state index contributed by atoms with van der Waals surface area (Å²) in [6, 6.07) is 0.651. The molecule has 1 rings (SSSR count). The van der Waals surface area contributed by atoms with Crippen molar-refractivity contribution in [3.8, 4) is 0 Å². The highest BCUT2D eigenvalue weighted by molar-refractivity contribution is 4.85. The summed E-state index contributed by atoms with van der Waals surface area (Å²) in [5.41, 5.74) is 0. The van der Waals surface area contributed by atoms with Crippen LogP contribution < -0.4 is 5.32 Å². The van der Waals surface area contributed by atoms with E-state index in [9.17, 15) is 0 Å². The largest absolute Gasteiger partial charge is 0.314 e. The van der Waals surface area contributed by atoms with E-state index < -0.39 is 0 Å². The van der Waals surface area contributed by atoms with Crippen LogP contribution in [0, 0.1) is 17.8 Å². The number of hydrogen-bond acceptors (Lipinski definition) is 1. The van der Waals surface area contributed by atoms with Crippen molar-refractivity contribution in [3.63, 3.8) is 0 Å². The fourth-order valence-corrected chi connectivity index (χ4v) is 2.65. The molecule has 0 spiro atoms. The van der Waals surface area contributed by atoms with Crippen LogP contribution in [0.1, 0.15) is 53.4 Å². The average Bonchev–Trinajstić information content (AvgIpc) is 2.01. The summed E-state index contributed by atoms with van der Waals surface area (Å²) in [5.74, 6) is 2.94. The van der Waals surface area contributed by atoms with Gasteiger partial charge < -0.3 is 5.32 Å². The molecule has 14 heavy (non-hydrogen) atoms. The first-order valence-corrected chi connectivity index (χ1v) is 6.38. The smallest absolute Gasteiger partial charge is 0.00104 e.